The first kappa shape index (κ1) is 11.4. The van der Waals surface area contributed by atoms with Crippen LogP contribution < -0.4 is 11.3 Å². The molecule has 0 amide bonds. The van der Waals surface area contributed by atoms with Gasteiger partial charge in [0.05, 0.1) is 0 Å². The number of carbonyl (C=O) groups is 1. The first-order valence-corrected chi connectivity index (χ1v) is 3.83. The van der Waals surface area contributed by atoms with E-state index in [0.29, 0.717) is 12.3 Å². The number of nitrogens with two attached hydrogens (primary N) is 1. The van der Waals surface area contributed by atoms with Gasteiger partial charge in [-0.25, -0.2) is 0 Å². The number of carboxylic acid groups (broad SMARTS) is 1. The van der Waals surface area contributed by atoms with Crippen molar-refractivity contribution in [2.45, 2.75) is 19.8 Å². The molecule has 0 fully saturated rings. The van der Waals surface area contributed by atoms with Gasteiger partial charge in [0.2, 0.25) is 0 Å². The van der Waals surface area contributed by atoms with E-state index in [9.17, 15) is 4.79 Å². The summed E-state index contributed by atoms with van der Waals surface area (Å²) in [5, 5.41) is 15.3. The summed E-state index contributed by atoms with van der Waals surface area (Å²) in [6, 6.07) is 0. The molecule has 0 heterocycles. The van der Waals surface area contributed by atoms with E-state index in [4.69, 9.17) is 10.9 Å². The van der Waals surface area contributed by atoms with Crippen molar-refractivity contribution in [2.24, 2.45) is 22.0 Å². The molecule has 0 aromatic rings. The van der Waals surface area contributed by atoms with Gasteiger partial charge >= 0.3 is 5.97 Å². The van der Waals surface area contributed by atoms with Crippen LogP contribution in [0.3, 0.4) is 0 Å². The van der Waals surface area contributed by atoms with Crippen molar-refractivity contribution in [1.29, 1.82) is 0 Å². The Bertz CT molecular complexity index is 215. The first-order valence-electron chi connectivity index (χ1n) is 3.83. The van der Waals surface area contributed by atoms with Crippen LogP contribution in [-0.4, -0.2) is 23.6 Å². The molecule has 74 valence electrons. The monoisotopic (exact) mass is 186 g/mol. The molecular weight excluding hydrogens is 172 g/mol. The Labute approximate surface area is 76.5 Å². The predicted octanol–water partition coefficient (Wildman–Crippen LogP) is -0.0353. The molecule has 6 heteroatoms. The first-order chi connectivity index (χ1) is 6.11. The summed E-state index contributed by atoms with van der Waals surface area (Å²) in [6.45, 7) is 5.02. The van der Waals surface area contributed by atoms with Crippen LogP contribution in [0.15, 0.2) is 10.2 Å². The lowest BCUT2D eigenvalue weighted by Gasteiger charge is -2.10. The van der Waals surface area contributed by atoms with Crippen LogP contribution in [0.1, 0.15) is 19.8 Å². The second-order valence-corrected chi connectivity index (χ2v) is 2.62. The highest BCUT2D eigenvalue weighted by atomic mass is 16.4. The molecule has 0 radical (unpaired) electrons. The maximum Gasteiger partial charge on any atom is 0.303 e. The minimum Gasteiger partial charge on any atom is -0.481 e. The number of hydrogen-bond donors (Lipinski definition) is 3. The predicted molar refractivity (Wildman–Crippen MR) is 50.3 cm³/mol. The van der Waals surface area contributed by atoms with Crippen molar-refractivity contribution in [3.05, 3.63) is 0 Å². The fourth-order valence-corrected chi connectivity index (χ4v) is 0.824. The van der Waals surface area contributed by atoms with E-state index in [0.717, 1.165) is 0 Å². The third-order valence-corrected chi connectivity index (χ3v) is 1.59. The van der Waals surface area contributed by atoms with Crippen molar-refractivity contribution in [1.82, 2.24) is 5.43 Å². The minimum atomic E-state index is -0.838. The van der Waals surface area contributed by atoms with Gasteiger partial charge in [-0.3, -0.25) is 10.2 Å². The molecular formula is C7H14N4O2. The molecule has 0 unspecified atom stereocenters. The fourth-order valence-electron chi connectivity index (χ4n) is 0.824. The lowest BCUT2D eigenvalue weighted by molar-refractivity contribution is -0.137. The average molecular weight is 186 g/mol. The van der Waals surface area contributed by atoms with Gasteiger partial charge in [-0.2, -0.15) is 10.2 Å². The SMILES string of the molecule is C=NN/C(=N\N)[C@@H](C)CCC(=O)O. The summed E-state index contributed by atoms with van der Waals surface area (Å²) >= 11 is 0. The van der Waals surface area contributed by atoms with Crippen LogP contribution >= 0.6 is 0 Å². The molecule has 1 atom stereocenters. The Morgan fingerprint density at radius 3 is 2.77 bits per heavy atom. The number of aliphatic carboxylic acids is 1. The summed E-state index contributed by atoms with van der Waals surface area (Å²) in [7, 11) is 0. The summed E-state index contributed by atoms with van der Waals surface area (Å²) in [4.78, 5) is 10.2. The zero-order valence-electron chi connectivity index (χ0n) is 7.53. The van der Waals surface area contributed by atoms with Crippen LogP contribution in [0.25, 0.3) is 0 Å². The smallest absolute Gasteiger partial charge is 0.303 e. The summed E-state index contributed by atoms with van der Waals surface area (Å²) < 4.78 is 0. The van der Waals surface area contributed by atoms with Gasteiger partial charge in [0.1, 0.15) is 5.84 Å². The zero-order valence-corrected chi connectivity index (χ0v) is 7.53. The fraction of sp³-hybridized carbons (Fsp3) is 0.571. The van der Waals surface area contributed by atoms with Gasteiger partial charge in [-0.15, -0.1) is 0 Å². The van der Waals surface area contributed by atoms with Gasteiger partial charge in [-0.1, -0.05) is 6.92 Å². The van der Waals surface area contributed by atoms with Gasteiger partial charge in [0, 0.05) is 19.1 Å². The molecule has 0 saturated heterocycles. The maximum absolute atomic E-state index is 10.2. The Balaban J connectivity index is 3.98. The Hall–Kier alpha value is -1.59. The Morgan fingerprint density at radius 1 is 1.77 bits per heavy atom. The number of hydrazone groups is 2. The van der Waals surface area contributed by atoms with Gasteiger partial charge in [0.15, 0.2) is 0 Å². The van der Waals surface area contributed by atoms with E-state index in [1.807, 2.05) is 6.92 Å². The number of hydrogen-bond acceptors (Lipinski definition) is 4. The van der Waals surface area contributed by atoms with E-state index >= 15 is 0 Å². The van der Waals surface area contributed by atoms with E-state index in [1.54, 1.807) is 0 Å². The molecule has 0 saturated carbocycles. The molecule has 0 aliphatic carbocycles. The number of carboxylic acids is 1. The van der Waals surface area contributed by atoms with E-state index < -0.39 is 5.97 Å². The standard InChI is InChI=1S/C7H14N4O2/c1-5(3-4-6(12)13)7(10-8)11-9-2/h5H,2-4,8H2,1H3,(H,10,11)(H,12,13)/t5-/m0/s1. The molecule has 13 heavy (non-hydrogen) atoms. The maximum atomic E-state index is 10.2. The second-order valence-electron chi connectivity index (χ2n) is 2.62. The van der Waals surface area contributed by atoms with Crippen molar-refractivity contribution in [2.75, 3.05) is 0 Å². The van der Waals surface area contributed by atoms with E-state index in [1.165, 1.54) is 0 Å². The Kier molecular flexibility index (Phi) is 5.25. The van der Waals surface area contributed by atoms with E-state index in [-0.39, 0.29) is 12.3 Å². The van der Waals surface area contributed by atoms with Gasteiger partial charge in [0.25, 0.3) is 0 Å². The molecule has 0 aromatic heterocycles. The molecule has 0 bridgehead atoms. The number of nitrogens with one attached hydrogen (secondary N) is 1. The molecule has 0 aliphatic rings. The van der Waals surface area contributed by atoms with Crippen LogP contribution in [0.5, 0.6) is 0 Å². The zero-order chi connectivity index (χ0) is 10.3. The molecule has 0 rings (SSSR count). The normalized spacial score (nSPS) is 13.5. The molecule has 0 aliphatic heterocycles. The van der Waals surface area contributed by atoms with Crippen molar-refractivity contribution in [3.8, 4) is 0 Å². The van der Waals surface area contributed by atoms with Crippen LogP contribution in [0.4, 0.5) is 0 Å². The third-order valence-electron chi connectivity index (χ3n) is 1.59. The highest BCUT2D eigenvalue weighted by Gasteiger charge is 2.11. The van der Waals surface area contributed by atoms with Gasteiger partial charge < -0.3 is 10.9 Å². The summed E-state index contributed by atoms with van der Waals surface area (Å²) in [5.41, 5.74) is 2.50. The van der Waals surface area contributed by atoms with Crippen LogP contribution in [0, 0.1) is 5.92 Å². The average Bonchev–Trinajstić information content (AvgIpc) is 2.10. The van der Waals surface area contributed by atoms with Crippen LogP contribution in [-0.2, 0) is 4.79 Å². The van der Waals surface area contributed by atoms with Gasteiger partial charge in [-0.05, 0) is 6.42 Å². The molecule has 4 N–H and O–H groups in total. The quantitative estimate of drug-likeness (QED) is 0.243. The third kappa shape index (κ3) is 4.78. The highest BCUT2D eigenvalue weighted by Crippen LogP contribution is 2.06. The molecule has 0 spiro atoms. The van der Waals surface area contributed by atoms with Crippen LogP contribution in [0.2, 0.25) is 0 Å². The molecule has 6 nitrogen and oxygen atoms in total. The lowest BCUT2D eigenvalue weighted by atomic mass is 10.1. The minimum absolute atomic E-state index is 0.0633. The molecule has 0 aromatic carbocycles. The second kappa shape index (κ2) is 5.99. The van der Waals surface area contributed by atoms with Crippen molar-refractivity contribution in [3.63, 3.8) is 0 Å². The number of rotatable bonds is 5. The number of amidine groups is 1. The summed E-state index contributed by atoms with van der Waals surface area (Å²) in [6.07, 6.45) is 0.549. The Morgan fingerprint density at radius 2 is 2.38 bits per heavy atom. The summed E-state index contributed by atoms with van der Waals surface area (Å²) in [5.74, 6) is 4.60. The number of nitrogens with zero attached hydrogens (tertiary/aromatic N) is 2. The topological polar surface area (TPSA) is 100 Å². The van der Waals surface area contributed by atoms with E-state index in [2.05, 4.69) is 22.3 Å². The highest BCUT2D eigenvalue weighted by molar-refractivity contribution is 5.84. The van der Waals surface area contributed by atoms with Crippen molar-refractivity contribution < 1.29 is 9.90 Å². The lowest BCUT2D eigenvalue weighted by Crippen LogP contribution is -2.26. The largest absolute Gasteiger partial charge is 0.481 e. The van der Waals surface area contributed by atoms with Crippen molar-refractivity contribution >= 4 is 18.5 Å².